The van der Waals surface area contributed by atoms with Gasteiger partial charge in [-0.15, -0.1) is 0 Å². The molecule has 2 rings (SSSR count). The Kier molecular flexibility index (Phi) is 1.73. The lowest BCUT2D eigenvalue weighted by molar-refractivity contribution is 0.554. The molecule has 0 saturated carbocycles. The number of H-pyrrole nitrogens is 1. The molecule has 1 heterocycles. The van der Waals surface area contributed by atoms with Crippen LogP contribution in [0.3, 0.4) is 0 Å². The molecule has 0 fully saturated rings. The van der Waals surface area contributed by atoms with E-state index in [9.17, 15) is 4.79 Å². The molecule has 0 radical (unpaired) electrons. The van der Waals surface area contributed by atoms with E-state index in [1.54, 1.807) is 12.1 Å². The van der Waals surface area contributed by atoms with Crippen LogP contribution in [-0.4, -0.2) is 4.98 Å². The van der Waals surface area contributed by atoms with Gasteiger partial charge >= 0.3 is 5.76 Å². The summed E-state index contributed by atoms with van der Waals surface area (Å²) in [6, 6.07) is 3.40. The van der Waals surface area contributed by atoms with Gasteiger partial charge in [0.05, 0.1) is 9.50 Å². The van der Waals surface area contributed by atoms with Gasteiger partial charge < -0.3 is 4.42 Å². The van der Waals surface area contributed by atoms with Crippen molar-refractivity contribution >= 4 is 38.6 Å². The van der Waals surface area contributed by atoms with Gasteiger partial charge in [-0.2, -0.15) is 0 Å². The lowest BCUT2D eigenvalue weighted by Gasteiger charge is -1.92. The number of nitrogens with one attached hydrogen (secondary N) is 1. The molecule has 0 atom stereocenters. The van der Waals surface area contributed by atoms with E-state index in [0.717, 1.165) is 0 Å². The van der Waals surface area contributed by atoms with Crippen LogP contribution in [0.15, 0.2) is 25.8 Å². The first-order chi connectivity index (χ1) is 5.68. The van der Waals surface area contributed by atoms with Gasteiger partial charge in [-0.25, -0.2) is 4.79 Å². The van der Waals surface area contributed by atoms with E-state index in [1.165, 1.54) is 0 Å². The van der Waals surface area contributed by atoms with E-state index < -0.39 is 5.76 Å². The van der Waals surface area contributed by atoms with E-state index in [2.05, 4.69) is 20.9 Å². The second kappa shape index (κ2) is 2.64. The fraction of sp³-hybridized carbons (Fsp3) is 0. The minimum atomic E-state index is -0.501. The number of aromatic amines is 1. The summed E-state index contributed by atoms with van der Waals surface area (Å²) in [7, 11) is 0. The molecular formula is C7H3BrClNO2. The van der Waals surface area contributed by atoms with E-state index in [4.69, 9.17) is 16.0 Å². The molecule has 2 aromatic rings. The van der Waals surface area contributed by atoms with E-state index in [0.29, 0.717) is 20.6 Å². The number of hydrogen-bond donors (Lipinski definition) is 1. The molecular weight excluding hydrogens is 245 g/mol. The van der Waals surface area contributed by atoms with Gasteiger partial charge in [-0.05, 0) is 28.1 Å². The summed E-state index contributed by atoms with van der Waals surface area (Å²) in [4.78, 5) is 13.3. The van der Waals surface area contributed by atoms with Gasteiger partial charge in [0.1, 0.15) is 5.52 Å². The van der Waals surface area contributed by atoms with Crippen molar-refractivity contribution in [3.63, 3.8) is 0 Å². The number of rotatable bonds is 0. The summed E-state index contributed by atoms with van der Waals surface area (Å²) in [5.41, 5.74) is 0.976. The minimum Gasteiger partial charge on any atom is -0.407 e. The zero-order valence-electron chi connectivity index (χ0n) is 5.73. The molecule has 0 saturated heterocycles. The Hall–Kier alpha value is -0.740. The number of oxazole rings is 1. The van der Waals surface area contributed by atoms with E-state index in [-0.39, 0.29) is 0 Å². The van der Waals surface area contributed by atoms with Crippen molar-refractivity contribution in [3.8, 4) is 0 Å². The predicted octanol–water partition coefficient (Wildman–Crippen LogP) is 2.54. The fourth-order valence-electron chi connectivity index (χ4n) is 0.970. The summed E-state index contributed by atoms with van der Waals surface area (Å²) >= 11 is 9.02. The fourth-order valence-corrected chi connectivity index (χ4v) is 1.58. The zero-order chi connectivity index (χ0) is 8.72. The van der Waals surface area contributed by atoms with Crippen LogP contribution in [0.4, 0.5) is 0 Å². The topological polar surface area (TPSA) is 46.0 Å². The number of benzene rings is 1. The Morgan fingerprint density at radius 2 is 2.25 bits per heavy atom. The van der Waals surface area contributed by atoms with Crippen LogP contribution in [-0.2, 0) is 0 Å². The SMILES string of the molecule is O=c1[nH]c2c(Cl)ccc(Br)c2o1. The molecule has 0 bridgehead atoms. The average molecular weight is 248 g/mol. The molecule has 0 aliphatic carbocycles. The molecule has 5 heteroatoms. The first-order valence-electron chi connectivity index (χ1n) is 3.15. The van der Waals surface area contributed by atoms with Crippen LogP contribution in [0.5, 0.6) is 0 Å². The van der Waals surface area contributed by atoms with E-state index in [1.807, 2.05) is 0 Å². The molecule has 0 aliphatic rings. The molecule has 3 nitrogen and oxygen atoms in total. The Morgan fingerprint density at radius 1 is 1.50 bits per heavy atom. The molecule has 62 valence electrons. The standard InChI is InChI=1S/C7H3BrClNO2/c8-3-1-2-4(9)5-6(3)12-7(11)10-5/h1-2H,(H,10,11). The Bertz CT molecular complexity index is 446. The third kappa shape index (κ3) is 1.07. The highest BCUT2D eigenvalue weighted by Crippen LogP contribution is 2.27. The largest absolute Gasteiger partial charge is 0.417 e. The van der Waals surface area contributed by atoms with Gasteiger partial charge in [0, 0.05) is 0 Å². The first kappa shape index (κ1) is 7.89. The molecule has 1 aromatic heterocycles. The maximum absolute atomic E-state index is 10.8. The highest BCUT2D eigenvalue weighted by Gasteiger charge is 2.07. The third-order valence-corrected chi connectivity index (χ3v) is 2.42. The van der Waals surface area contributed by atoms with Crippen LogP contribution in [0.2, 0.25) is 5.02 Å². The van der Waals surface area contributed by atoms with Crippen molar-refractivity contribution < 1.29 is 4.42 Å². The first-order valence-corrected chi connectivity index (χ1v) is 4.32. The van der Waals surface area contributed by atoms with Crippen molar-refractivity contribution in [2.75, 3.05) is 0 Å². The monoisotopic (exact) mass is 247 g/mol. The van der Waals surface area contributed by atoms with Gasteiger partial charge in [0.25, 0.3) is 0 Å². The number of hydrogen-bond acceptors (Lipinski definition) is 2. The molecule has 0 aliphatic heterocycles. The molecule has 1 N–H and O–H groups in total. The maximum Gasteiger partial charge on any atom is 0.417 e. The number of halogens is 2. The second-order valence-electron chi connectivity index (χ2n) is 2.25. The number of fused-ring (bicyclic) bond motifs is 1. The average Bonchev–Trinajstić information content (AvgIpc) is 2.41. The predicted molar refractivity (Wildman–Crippen MR) is 49.5 cm³/mol. The van der Waals surface area contributed by atoms with Crippen LogP contribution in [0.25, 0.3) is 11.1 Å². The second-order valence-corrected chi connectivity index (χ2v) is 3.51. The normalized spacial score (nSPS) is 10.8. The zero-order valence-corrected chi connectivity index (χ0v) is 8.07. The quantitative estimate of drug-likeness (QED) is 0.779. The Balaban J connectivity index is 3.03. The molecule has 0 spiro atoms. The smallest absolute Gasteiger partial charge is 0.407 e. The van der Waals surface area contributed by atoms with Crippen LogP contribution in [0, 0.1) is 0 Å². The third-order valence-electron chi connectivity index (χ3n) is 1.48. The minimum absolute atomic E-state index is 0.451. The highest BCUT2D eigenvalue weighted by molar-refractivity contribution is 9.10. The van der Waals surface area contributed by atoms with Gasteiger partial charge in [-0.1, -0.05) is 11.6 Å². The summed E-state index contributed by atoms with van der Waals surface area (Å²) in [6.45, 7) is 0. The molecule has 0 unspecified atom stereocenters. The summed E-state index contributed by atoms with van der Waals surface area (Å²) in [5.74, 6) is -0.501. The summed E-state index contributed by atoms with van der Waals surface area (Å²) in [5, 5.41) is 0.471. The lowest BCUT2D eigenvalue weighted by atomic mass is 10.3. The molecule has 1 aromatic carbocycles. The summed E-state index contributed by atoms with van der Waals surface area (Å²) < 4.78 is 5.55. The van der Waals surface area contributed by atoms with Gasteiger partial charge in [0.2, 0.25) is 0 Å². The van der Waals surface area contributed by atoms with Crippen LogP contribution in [0.1, 0.15) is 0 Å². The Labute approximate surface area is 80.5 Å². The summed E-state index contributed by atoms with van der Waals surface area (Å²) in [6.07, 6.45) is 0. The van der Waals surface area contributed by atoms with Crippen molar-refractivity contribution in [3.05, 3.63) is 32.2 Å². The van der Waals surface area contributed by atoms with Crippen molar-refractivity contribution in [2.24, 2.45) is 0 Å². The van der Waals surface area contributed by atoms with Crippen molar-refractivity contribution in [2.45, 2.75) is 0 Å². The number of aromatic nitrogens is 1. The van der Waals surface area contributed by atoms with Gasteiger partial charge in [-0.3, -0.25) is 4.98 Å². The van der Waals surface area contributed by atoms with Crippen molar-refractivity contribution in [1.82, 2.24) is 4.98 Å². The van der Waals surface area contributed by atoms with Gasteiger partial charge in [0.15, 0.2) is 5.58 Å². The molecule has 0 amide bonds. The Morgan fingerprint density at radius 3 is 2.92 bits per heavy atom. The van der Waals surface area contributed by atoms with Crippen molar-refractivity contribution in [1.29, 1.82) is 0 Å². The van der Waals surface area contributed by atoms with Crippen LogP contribution < -0.4 is 5.76 Å². The molecule has 12 heavy (non-hydrogen) atoms. The van der Waals surface area contributed by atoms with Crippen LogP contribution >= 0.6 is 27.5 Å². The maximum atomic E-state index is 10.8. The lowest BCUT2D eigenvalue weighted by Crippen LogP contribution is -1.93. The highest BCUT2D eigenvalue weighted by atomic mass is 79.9. The van der Waals surface area contributed by atoms with E-state index >= 15 is 0 Å².